The van der Waals surface area contributed by atoms with Crippen molar-refractivity contribution in [1.29, 1.82) is 0 Å². The molecule has 102 valence electrons. The van der Waals surface area contributed by atoms with Crippen LogP contribution in [0.3, 0.4) is 0 Å². The Balaban J connectivity index is 4.67. The fraction of sp³-hybridized carbons (Fsp3) is 0.900. The molecule has 0 bridgehead atoms. The number of nitrogens with zero attached hydrogens (tertiary/aromatic N) is 1. The summed E-state index contributed by atoms with van der Waals surface area (Å²) in [6, 6.07) is -0.516. The highest BCUT2D eigenvalue weighted by molar-refractivity contribution is 8.13. The highest BCUT2D eigenvalue weighted by atomic mass is 35.7. The van der Waals surface area contributed by atoms with Gasteiger partial charge >= 0.3 is 6.09 Å². The van der Waals surface area contributed by atoms with Crippen molar-refractivity contribution in [2.75, 3.05) is 12.3 Å². The second kappa shape index (κ2) is 5.91. The average Bonchev–Trinajstić information content (AvgIpc) is 1.96. The van der Waals surface area contributed by atoms with Crippen molar-refractivity contribution >= 4 is 25.8 Å². The molecule has 0 N–H and O–H groups in total. The Morgan fingerprint density at radius 1 is 1.41 bits per heavy atom. The summed E-state index contributed by atoms with van der Waals surface area (Å²) in [6.45, 7) is 8.99. The van der Waals surface area contributed by atoms with E-state index in [1.807, 2.05) is 0 Å². The van der Waals surface area contributed by atoms with Crippen LogP contribution in [0.2, 0.25) is 0 Å². The number of halogens is 1. The Bertz CT molecular complexity index is 361. The van der Waals surface area contributed by atoms with E-state index in [0.717, 1.165) is 0 Å². The van der Waals surface area contributed by atoms with Crippen LogP contribution >= 0.6 is 10.7 Å². The smallest absolute Gasteiger partial charge is 0.410 e. The molecular weight excluding hydrogens is 266 g/mol. The lowest BCUT2D eigenvalue weighted by Crippen LogP contribution is -2.44. The summed E-state index contributed by atoms with van der Waals surface area (Å²) in [7, 11) is 1.53. The van der Waals surface area contributed by atoms with E-state index >= 15 is 0 Å². The molecule has 0 heterocycles. The molecule has 0 saturated heterocycles. The van der Waals surface area contributed by atoms with Crippen molar-refractivity contribution in [3.05, 3.63) is 0 Å². The zero-order chi connectivity index (χ0) is 13.9. The molecule has 0 aromatic rings. The van der Waals surface area contributed by atoms with Gasteiger partial charge in [0, 0.05) is 23.3 Å². The van der Waals surface area contributed by atoms with E-state index in [2.05, 4.69) is 0 Å². The van der Waals surface area contributed by atoms with Crippen LogP contribution in [-0.4, -0.2) is 43.4 Å². The van der Waals surface area contributed by atoms with E-state index in [-0.39, 0.29) is 5.75 Å². The van der Waals surface area contributed by atoms with Gasteiger partial charge in [-0.1, -0.05) is 0 Å². The van der Waals surface area contributed by atoms with Gasteiger partial charge in [0.1, 0.15) is 5.60 Å². The van der Waals surface area contributed by atoms with Gasteiger partial charge in [0.05, 0.1) is 5.75 Å². The van der Waals surface area contributed by atoms with Crippen molar-refractivity contribution in [3.63, 3.8) is 0 Å². The second-order valence-electron chi connectivity index (χ2n) is 4.82. The first-order valence-electron chi connectivity index (χ1n) is 5.38. The molecule has 7 heteroatoms. The van der Waals surface area contributed by atoms with E-state index in [4.69, 9.17) is 15.4 Å². The summed E-state index contributed by atoms with van der Waals surface area (Å²) < 4.78 is 27.1. The molecule has 0 aromatic heterocycles. The van der Waals surface area contributed by atoms with Crippen molar-refractivity contribution < 1.29 is 17.9 Å². The highest BCUT2D eigenvalue weighted by Gasteiger charge is 2.27. The van der Waals surface area contributed by atoms with Crippen LogP contribution < -0.4 is 0 Å². The maximum absolute atomic E-state index is 11.8. The van der Waals surface area contributed by atoms with Gasteiger partial charge in [-0.3, -0.25) is 0 Å². The van der Waals surface area contributed by atoms with Crippen LogP contribution in [-0.2, 0) is 13.8 Å². The van der Waals surface area contributed by atoms with Crippen LogP contribution in [0.25, 0.3) is 0 Å². The first kappa shape index (κ1) is 16.5. The highest BCUT2D eigenvalue weighted by Crippen LogP contribution is 2.13. The Hall–Kier alpha value is -0.490. The van der Waals surface area contributed by atoms with Gasteiger partial charge in [0.2, 0.25) is 9.05 Å². The van der Waals surface area contributed by atoms with Crippen LogP contribution in [0.4, 0.5) is 4.79 Å². The van der Waals surface area contributed by atoms with E-state index in [9.17, 15) is 13.2 Å². The summed E-state index contributed by atoms with van der Waals surface area (Å²) >= 11 is 0. The van der Waals surface area contributed by atoms with Crippen LogP contribution in [0.15, 0.2) is 0 Å². The molecule has 0 aliphatic carbocycles. The molecule has 17 heavy (non-hydrogen) atoms. The molecular formula is C10H20ClNO4S. The predicted molar refractivity (Wildman–Crippen MR) is 67.7 cm³/mol. The predicted octanol–water partition coefficient (Wildman–Crippen LogP) is 2.20. The lowest BCUT2D eigenvalue weighted by atomic mass is 10.2. The zero-order valence-electron chi connectivity index (χ0n) is 10.9. The molecule has 0 radical (unpaired) electrons. The van der Waals surface area contributed by atoms with Crippen molar-refractivity contribution in [3.8, 4) is 0 Å². The van der Waals surface area contributed by atoms with Crippen LogP contribution in [0, 0.1) is 0 Å². The summed E-state index contributed by atoms with van der Waals surface area (Å²) in [5, 5.41) is 0. The minimum atomic E-state index is -3.63. The third kappa shape index (κ3) is 7.44. The normalized spacial score (nSPS) is 14.2. The van der Waals surface area contributed by atoms with E-state index in [1.165, 1.54) is 4.90 Å². The van der Waals surface area contributed by atoms with E-state index in [0.29, 0.717) is 6.54 Å². The number of carbonyl (C=O) groups excluding carboxylic acids is 1. The number of hydrogen-bond acceptors (Lipinski definition) is 4. The van der Waals surface area contributed by atoms with Gasteiger partial charge in [0.25, 0.3) is 0 Å². The Morgan fingerprint density at radius 3 is 2.18 bits per heavy atom. The molecule has 0 spiro atoms. The Morgan fingerprint density at radius 2 is 1.88 bits per heavy atom. The minimum absolute atomic E-state index is 0.290. The Labute approximate surface area is 107 Å². The molecule has 0 aliphatic heterocycles. The minimum Gasteiger partial charge on any atom is -0.444 e. The number of carbonyl (C=O) groups is 1. The average molecular weight is 286 g/mol. The fourth-order valence-corrected chi connectivity index (χ4v) is 2.62. The quantitative estimate of drug-likeness (QED) is 0.743. The van der Waals surface area contributed by atoms with Crippen LogP contribution in [0.1, 0.15) is 34.6 Å². The van der Waals surface area contributed by atoms with Gasteiger partial charge in [-0.05, 0) is 34.6 Å². The lowest BCUT2D eigenvalue weighted by Gasteiger charge is -2.30. The summed E-state index contributed by atoms with van der Waals surface area (Å²) in [4.78, 5) is 13.1. The van der Waals surface area contributed by atoms with Gasteiger partial charge < -0.3 is 9.64 Å². The number of rotatable bonds is 4. The monoisotopic (exact) mass is 285 g/mol. The fourth-order valence-electron chi connectivity index (χ4n) is 1.32. The van der Waals surface area contributed by atoms with Gasteiger partial charge in [-0.2, -0.15) is 0 Å². The molecule has 0 fully saturated rings. The molecule has 5 nitrogen and oxygen atoms in total. The third-order valence-electron chi connectivity index (χ3n) is 1.94. The van der Waals surface area contributed by atoms with Gasteiger partial charge in [-0.15, -0.1) is 0 Å². The molecule has 0 saturated carbocycles. The maximum Gasteiger partial charge on any atom is 0.410 e. The summed E-state index contributed by atoms with van der Waals surface area (Å²) in [6.07, 6.45) is -0.534. The Kier molecular flexibility index (Phi) is 5.74. The molecule has 0 aliphatic rings. The molecule has 0 rings (SSSR count). The topological polar surface area (TPSA) is 63.7 Å². The largest absolute Gasteiger partial charge is 0.444 e. The number of hydrogen-bond donors (Lipinski definition) is 0. The van der Waals surface area contributed by atoms with Crippen molar-refractivity contribution in [2.45, 2.75) is 46.3 Å². The van der Waals surface area contributed by atoms with E-state index in [1.54, 1.807) is 34.6 Å². The zero-order valence-corrected chi connectivity index (χ0v) is 12.4. The summed E-state index contributed by atoms with van der Waals surface area (Å²) in [5.74, 6) is -0.290. The third-order valence-corrected chi connectivity index (χ3v) is 3.20. The van der Waals surface area contributed by atoms with Crippen LogP contribution in [0.5, 0.6) is 0 Å². The molecule has 1 amide bonds. The van der Waals surface area contributed by atoms with Gasteiger partial charge in [-0.25, -0.2) is 13.2 Å². The first-order valence-corrected chi connectivity index (χ1v) is 7.86. The van der Waals surface area contributed by atoms with Gasteiger partial charge in [0.15, 0.2) is 0 Å². The standard InChI is InChI=1S/C10H20ClNO4S/c1-6-12(8(2)7-17(11,14)15)9(13)16-10(3,4)5/h8H,6-7H2,1-5H3. The molecule has 1 unspecified atom stereocenters. The summed E-state index contributed by atoms with van der Waals surface area (Å²) in [5.41, 5.74) is -0.607. The SMILES string of the molecule is CCN(C(=O)OC(C)(C)C)C(C)CS(=O)(=O)Cl. The number of amides is 1. The van der Waals surface area contributed by atoms with E-state index < -0.39 is 26.8 Å². The van der Waals surface area contributed by atoms with Crippen molar-refractivity contribution in [1.82, 2.24) is 4.90 Å². The molecule has 0 aromatic carbocycles. The molecule has 1 atom stereocenters. The van der Waals surface area contributed by atoms with Crippen molar-refractivity contribution in [2.24, 2.45) is 0 Å². The lowest BCUT2D eigenvalue weighted by molar-refractivity contribution is 0.0206. The maximum atomic E-state index is 11.8. The second-order valence-corrected chi connectivity index (χ2v) is 7.64. The number of ether oxygens (including phenoxy) is 1. The first-order chi connectivity index (χ1) is 7.46.